The molecular formula is C14H20N4O. The molecule has 19 heavy (non-hydrogen) atoms. The molecule has 0 fully saturated rings. The second-order valence-corrected chi connectivity index (χ2v) is 4.24. The lowest BCUT2D eigenvalue weighted by molar-refractivity contribution is 0.312. The lowest BCUT2D eigenvalue weighted by atomic mass is 10.3. The van der Waals surface area contributed by atoms with Gasteiger partial charge >= 0.3 is 0 Å². The number of nitrogens with one attached hydrogen (secondary N) is 1. The number of hydrogen-bond donors (Lipinski definition) is 1. The van der Waals surface area contributed by atoms with Crippen molar-refractivity contribution in [3.05, 3.63) is 42.5 Å². The molecular weight excluding hydrogens is 240 g/mol. The molecule has 102 valence electrons. The third-order valence-electron chi connectivity index (χ3n) is 2.71. The predicted molar refractivity (Wildman–Crippen MR) is 74.0 cm³/mol. The Hall–Kier alpha value is -1.88. The standard InChI is InChI=1S/C14H20N4O/c1-2-9-18-14(16-12-17-18)11-15-8-10-19-13-6-4-3-5-7-13/h3-7,12,15H,2,8-11H2,1H3. The van der Waals surface area contributed by atoms with Crippen LogP contribution in [0.1, 0.15) is 19.2 Å². The van der Waals surface area contributed by atoms with Crippen molar-refractivity contribution in [2.24, 2.45) is 0 Å². The van der Waals surface area contributed by atoms with E-state index in [-0.39, 0.29) is 0 Å². The van der Waals surface area contributed by atoms with Crippen molar-refractivity contribution in [3.63, 3.8) is 0 Å². The molecule has 0 spiro atoms. The molecule has 0 atom stereocenters. The highest BCUT2D eigenvalue weighted by atomic mass is 16.5. The van der Waals surface area contributed by atoms with Crippen molar-refractivity contribution in [1.82, 2.24) is 20.1 Å². The molecule has 5 nitrogen and oxygen atoms in total. The Morgan fingerprint density at radius 3 is 2.89 bits per heavy atom. The van der Waals surface area contributed by atoms with Gasteiger partial charge in [0.25, 0.3) is 0 Å². The molecule has 0 aliphatic heterocycles. The van der Waals surface area contributed by atoms with Crippen molar-refractivity contribution in [2.75, 3.05) is 13.2 Å². The Morgan fingerprint density at radius 2 is 2.11 bits per heavy atom. The average molecular weight is 260 g/mol. The number of nitrogens with zero attached hydrogens (tertiary/aromatic N) is 3. The Labute approximate surface area is 113 Å². The molecule has 1 heterocycles. The average Bonchev–Trinajstić information content (AvgIpc) is 2.88. The quantitative estimate of drug-likeness (QED) is 0.736. The van der Waals surface area contributed by atoms with E-state index in [0.717, 1.165) is 37.6 Å². The van der Waals surface area contributed by atoms with Gasteiger partial charge in [-0.3, -0.25) is 0 Å². The summed E-state index contributed by atoms with van der Waals surface area (Å²) in [5, 5.41) is 7.50. The van der Waals surface area contributed by atoms with Gasteiger partial charge in [0, 0.05) is 13.1 Å². The van der Waals surface area contributed by atoms with E-state index in [1.807, 2.05) is 35.0 Å². The second-order valence-electron chi connectivity index (χ2n) is 4.24. The van der Waals surface area contributed by atoms with Crippen molar-refractivity contribution >= 4 is 0 Å². The summed E-state index contributed by atoms with van der Waals surface area (Å²) in [5.41, 5.74) is 0. The zero-order valence-corrected chi connectivity index (χ0v) is 11.2. The summed E-state index contributed by atoms with van der Waals surface area (Å²) in [6.07, 6.45) is 2.67. The number of rotatable bonds is 8. The van der Waals surface area contributed by atoms with E-state index in [9.17, 15) is 0 Å². The van der Waals surface area contributed by atoms with E-state index in [1.165, 1.54) is 0 Å². The molecule has 0 bridgehead atoms. The van der Waals surface area contributed by atoms with Gasteiger partial charge in [-0.1, -0.05) is 25.1 Å². The highest BCUT2D eigenvalue weighted by Gasteiger charge is 2.02. The number of para-hydroxylation sites is 1. The van der Waals surface area contributed by atoms with Crippen molar-refractivity contribution in [3.8, 4) is 5.75 Å². The number of hydrogen-bond acceptors (Lipinski definition) is 4. The summed E-state index contributed by atoms with van der Waals surface area (Å²) >= 11 is 0. The van der Waals surface area contributed by atoms with Gasteiger partial charge < -0.3 is 10.1 Å². The van der Waals surface area contributed by atoms with Crippen LogP contribution in [-0.2, 0) is 13.1 Å². The molecule has 0 unspecified atom stereocenters. The largest absolute Gasteiger partial charge is 0.492 e. The maximum absolute atomic E-state index is 5.60. The van der Waals surface area contributed by atoms with Crippen LogP contribution < -0.4 is 10.1 Å². The van der Waals surface area contributed by atoms with Gasteiger partial charge in [0.2, 0.25) is 0 Å². The molecule has 0 aliphatic carbocycles. The minimum absolute atomic E-state index is 0.645. The zero-order valence-electron chi connectivity index (χ0n) is 11.2. The van der Waals surface area contributed by atoms with Crippen molar-refractivity contribution in [2.45, 2.75) is 26.4 Å². The number of aryl methyl sites for hydroxylation is 1. The lowest BCUT2D eigenvalue weighted by Crippen LogP contribution is -2.23. The van der Waals surface area contributed by atoms with Gasteiger partial charge in [0.05, 0.1) is 6.54 Å². The number of benzene rings is 1. The fourth-order valence-electron chi connectivity index (χ4n) is 1.78. The summed E-state index contributed by atoms with van der Waals surface area (Å²) in [7, 11) is 0. The molecule has 1 aromatic carbocycles. The Balaban J connectivity index is 1.65. The zero-order chi connectivity index (χ0) is 13.3. The molecule has 0 amide bonds. The summed E-state index contributed by atoms with van der Waals surface area (Å²) in [4.78, 5) is 4.24. The summed E-state index contributed by atoms with van der Waals surface area (Å²) in [6, 6.07) is 9.83. The monoisotopic (exact) mass is 260 g/mol. The first-order valence-electron chi connectivity index (χ1n) is 6.65. The molecule has 2 aromatic rings. The number of ether oxygens (including phenoxy) is 1. The topological polar surface area (TPSA) is 52.0 Å². The fourth-order valence-corrected chi connectivity index (χ4v) is 1.78. The second kappa shape index (κ2) is 7.53. The minimum atomic E-state index is 0.645. The first kappa shape index (κ1) is 13.5. The van der Waals surface area contributed by atoms with Crippen LogP contribution in [-0.4, -0.2) is 27.9 Å². The van der Waals surface area contributed by atoms with E-state index in [0.29, 0.717) is 6.61 Å². The SMILES string of the molecule is CCCn1ncnc1CNCCOc1ccccc1. The van der Waals surface area contributed by atoms with Crippen molar-refractivity contribution < 1.29 is 4.74 Å². The summed E-state index contributed by atoms with van der Waals surface area (Å²) in [6.45, 7) is 5.20. The van der Waals surface area contributed by atoms with Gasteiger partial charge in [0.1, 0.15) is 24.5 Å². The molecule has 0 aliphatic rings. The van der Waals surface area contributed by atoms with E-state index < -0.39 is 0 Å². The predicted octanol–water partition coefficient (Wildman–Crippen LogP) is 1.86. The van der Waals surface area contributed by atoms with Crippen LogP contribution in [0.3, 0.4) is 0 Å². The minimum Gasteiger partial charge on any atom is -0.492 e. The molecule has 0 radical (unpaired) electrons. The Bertz CT molecular complexity index is 469. The van der Waals surface area contributed by atoms with Crippen LogP contribution in [0.5, 0.6) is 5.75 Å². The smallest absolute Gasteiger partial charge is 0.140 e. The van der Waals surface area contributed by atoms with E-state index >= 15 is 0 Å². The van der Waals surface area contributed by atoms with Crippen LogP contribution >= 0.6 is 0 Å². The normalized spacial score (nSPS) is 10.6. The number of aromatic nitrogens is 3. The van der Waals surface area contributed by atoms with Gasteiger partial charge in [-0.15, -0.1) is 0 Å². The van der Waals surface area contributed by atoms with Gasteiger partial charge in [0.15, 0.2) is 0 Å². The van der Waals surface area contributed by atoms with Crippen LogP contribution in [0, 0.1) is 0 Å². The Kier molecular flexibility index (Phi) is 5.37. The molecule has 0 saturated heterocycles. The van der Waals surface area contributed by atoms with Gasteiger partial charge in [-0.2, -0.15) is 5.10 Å². The molecule has 1 N–H and O–H groups in total. The maximum Gasteiger partial charge on any atom is 0.140 e. The Morgan fingerprint density at radius 1 is 1.26 bits per heavy atom. The summed E-state index contributed by atoms with van der Waals surface area (Å²) < 4.78 is 7.53. The lowest BCUT2D eigenvalue weighted by Gasteiger charge is -2.08. The third kappa shape index (κ3) is 4.37. The van der Waals surface area contributed by atoms with E-state index in [4.69, 9.17) is 4.74 Å². The summed E-state index contributed by atoms with van der Waals surface area (Å²) in [5.74, 6) is 1.88. The van der Waals surface area contributed by atoms with E-state index in [1.54, 1.807) is 6.33 Å². The van der Waals surface area contributed by atoms with Crippen LogP contribution in [0.4, 0.5) is 0 Å². The third-order valence-corrected chi connectivity index (χ3v) is 2.71. The first-order valence-corrected chi connectivity index (χ1v) is 6.65. The van der Waals surface area contributed by atoms with Crippen LogP contribution in [0.25, 0.3) is 0 Å². The fraction of sp³-hybridized carbons (Fsp3) is 0.429. The first-order chi connectivity index (χ1) is 9.40. The van der Waals surface area contributed by atoms with Gasteiger partial charge in [-0.05, 0) is 18.6 Å². The molecule has 2 rings (SSSR count). The van der Waals surface area contributed by atoms with Crippen molar-refractivity contribution in [1.29, 1.82) is 0 Å². The highest BCUT2D eigenvalue weighted by molar-refractivity contribution is 5.20. The molecule has 5 heteroatoms. The maximum atomic E-state index is 5.60. The van der Waals surface area contributed by atoms with E-state index in [2.05, 4.69) is 22.3 Å². The van der Waals surface area contributed by atoms with Gasteiger partial charge in [-0.25, -0.2) is 9.67 Å². The highest BCUT2D eigenvalue weighted by Crippen LogP contribution is 2.07. The van der Waals surface area contributed by atoms with Crippen LogP contribution in [0.15, 0.2) is 36.7 Å². The molecule has 0 saturated carbocycles. The molecule has 1 aromatic heterocycles. The van der Waals surface area contributed by atoms with Crippen LogP contribution in [0.2, 0.25) is 0 Å².